The van der Waals surface area contributed by atoms with Crippen molar-refractivity contribution in [2.45, 2.75) is 6.04 Å². The average Bonchev–Trinajstić information content (AvgIpc) is 3.01. The summed E-state index contributed by atoms with van der Waals surface area (Å²) in [7, 11) is 0. The number of Topliss-reactive ketones (excluding diaryl/α,β-unsaturated/α-hetero) is 1. The Morgan fingerprint density at radius 2 is 1.57 bits per heavy atom. The average molecular weight is 426 g/mol. The van der Waals surface area contributed by atoms with E-state index in [1.807, 2.05) is 0 Å². The maximum Gasteiger partial charge on any atom is 0.300 e. The van der Waals surface area contributed by atoms with Crippen molar-refractivity contribution in [2.75, 3.05) is 4.90 Å². The number of aliphatic hydroxyl groups is 1. The van der Waals surface area contributed by atoms with Gasteiger partial charge in [-0.05, 0) is 42.0 Å². The molecular formula is C23H14ClF2NO3. The minimum absolute atomic E-state index is 0.00000850. The molecule has 1 heterocycles. The molecule has 1 saturated heterocycles. The number of amides is 1. The van der Waals surface area contributed by atoms with Gasteiger partial charge in [-0.1, -0.05) is 41.9 Å². The lowest BCUT2D eigenvalue weighted by molar-refractivity contribution is -0.132. The number of aliphatic hydroxyl groups excluding tert-OH is 1. The van der Waals surface area contributed by atoms with Crippen molar-refractivity contribution in [1.29, 1.82) is 0 Å². The van der Waals surface area contributed by atoms with Crippen molar-refractivity contribution in [3.8, 4) is 0 Å². The Balaban J connectivity index is 1.94. The number of carbonyl (C=O) groups excluding carboxylic acids is 2. The van der Waals surface area contributed by atoms with Crippen LogP contribution in [0.4, 0.5) is 14.5 Å². The van der Waals surface area contributed by atoms with Crippen LogP contribution in [0.1, 0.15) is 17.2 Å². The number of hydrogen-bond acceptors (Lipinski definition) is 3. The Kier molecular flexibility index (Phi) is 5.10. The molecule has 7 heteroatoms. The van der Waals surface area contributed by atoms with Gasteiger partial charge < -0.3 is 5.11 Å². The first-order valence-corrected chi connectivity index (χ1v) is 9.33. The summed E-state index contributed by atoms with van der Waals surface area (Å²) < 4.78 is 27.3. The van der Waals surface area contributed by atoms with Crippen molar-refractivity contribution in [3.05, 3.63) is 106 Å². The third-order valence-electron chi connectivity index (χ3n) is 4.86. The van der Waals surface area contributed by atoms with Crippen LogP contribution in [-0.2, 0) is 9.59 Å². The maximum atomic E-state index is 13.9. The summed E-state index contributed by atoms with van der Waals surface area (Å²) >= 11 is 5.89. The van der Waals surface area contributed by atoms with Crippen molar-refractivity contribution in [2.24, 2.45) is 0 Å². The molecule has 1 aliphatic rings. The van der Waals surface area contributed by atoms with Crippen LogP contribution in [0.15, 0.2) is 78.4 Å². The van der Waals surface area contributed by atoms with Gasteiger partial charge in [-0.3, -0.25) is 14.5 Å². The number of nitrogens with zero attached hydrogens (tertiary/aromatic N) is 1. The van der Waals surface area contributed by atoms with Gasteiger partial charge in [-0.2, -0.15) is 0 Å². The van der Waals surface area contributed by atoms with E-state index in [2.05, 4.69) is 0 Å². The Morgan fingerprint density at radius 1 is 0.900 bits per heavy atom. The van der Waals surface area contributed by atoms with Crippen LogP contribution in [0.2, 0.25) is 5.02 Å². The molecule has 30 heavy (non-hydrogen) atoms. The van der Waals surface area contributed by atoms with Gasteiger partial charge in [0.2, 0.25) is 0 Å². The second-order valence-electron chi connectivity index (χ2n) is 6.69. The van der Waals surface area contributed by atoms with Gasteiger partial charge in [0.1, 0.15) is 5.76 Å². The molecule has 1 N–H and O–H groups in total. The van der Waals surface area contributed by atoms with E-state index in [4.69, 9.17) is 11.6 Å². The second-order valence-corrected chi connectivity index (χ2v) is 7.12. The molecule has 150 valence electrons. The zero-order chi connectivity index (χ0) is 21.4. The van der Waals surface area contributed by atoms with Gasteiger partial charge in [0.25, 0.3) is 11.7 Å². The monoisotopic (exact) mass is 425 g/mol. The highest BCUT2D eigenvalue weighted by atomic mass is 35.5. The zero-order valence-electron chi connectivity index (χ0n) is 15.4. The topological polar surface area (TPSA) is 57.6 Å². The van der Waals surface area contributed by atoms with Crippen molar-refractivity contribution in [1.82, 2.24) is 0 Å². The maximum absolute atomic E-state index is 13.9. The van der Waals surface area contributed by atoms with Crippen LogP contribution in [0.25, 0.3) is 5.76 Å². The number of halogens is 3. The van der Waals surface area contributed by atoms with Crippen LogP contribution in [0.3, 0.4) is 0 Å². The van der Waals surface area contributed by atoms with E-state index in [1.54, 1.807) is 42.5 Å². The summed E-state index contributed by atoms with van der Waals surface area (Å²) in [6.07, 6.45) is 0. The summed E-state index contributed by atoms with van der Waals surface area (Å²) in [5.74, 6) is -4.50. The lowest BCUT2D eigenvalue weighted by Crippen LogP contribution is -2.29. The number of hydrogen-bond donors (Lipinski definition) is 1. The Bertz CT molecular complexity index is 1180. The number of anilines is 1. The number of ketones is 1. The lowest BCUT2D eigenvalue weighted by Gasteiger charge is -2.25. The van der Waals surface area contributed by atoms with Crippen LogP contribution in [0, 0.1) is 11.6 Å². The van der Waals surface area contributed by atoms with Crippen molar-refractivity contribution >= 4 is 34.7 Å². The fourth-order valence-electron chi connectivity index (χ4n) is 3.45. The quantitative estimate of drug-likeness (QED) is 0.354. The van der Waals surface area contributed by atoms with Gasteiger partial charge in [0.05, 0.1) is 11.6 Å². The van der Waals surface area contributed by atoms with Crippen LogP contribution in [0.5, 0.6) is 0 Å². The Labute approximate surface area is 175 Å². The summed E-state index contributed by atoms with van der Waals surface area (Å²) in [6, 6.07) is 16.6. The van der Waals surface area contributed by atoms with Crippen molar-refractivity contribution < 1.29 is 23.5 Å². The molecule has 1 fully saturated rings. The molecule has 3 aromatic carbocycles. The molecule has 1 aliphatic heterocycles. The van der Waals surface area contributed by atoms with Gasteiger partial charge in [0, 0.05) is 22.3 Å². The highest BCUT2D eigenvalue weighted by Crippen LogP contribution is 2.42. The smallest absolute Gasteiger partial charge is 0.300 e. The van der Waals surface area contributed by atoms with Gasteiger partial charge in [-0.25, -0.2) is 8.78 Å². The van der Waals surface area contributed by atoms with Gasteiger partial charge in [-0.15, -0.1) is 0 Å². The van der Waals surface area contributed by atoms with E-state index in [1.165, 1.54) is 18.2 Å². The SMILES string of the molecule is O=C1C(=O)N(c2ccc(F)c(F)c2)C(c2ccccc2)/C1=C(\O)c1ccc(Cl)cc1. The minimum Gasteiger partial charge on any atom is -0.507 e. The summed E-state index contributed by atoms with van der Waals surface area (Å²) in [4.78, 5) is 26.8. The molecule has 1 atom stereocenters. The second kappa shape index (κ2) is 7.72. The molecule has 0 bridgehead atoms. The minimum atomic E-state index is -1.15. The predicted octanol–water partition coefficient (Wildman–Crippen LogP) is 5.24. The highest BCUT2D eigenvalue weighted by Gasteiger charge is 2.47. The summed E-state index contributed by atoms with van der Waals surface area (Å²) in [6.45, 7) is 0. The molecule has 4 nitrogen and oxygen atoms in total. The molecule has 4 rings (SSSR count). The molecule has 1 unspecified atom stereocenters. The molecule has 0 radical (unpaired) electrons. The van der Waals surface area contributed by atoms with Crippen LogP contribution >= 0.6 is 11.6 Å². The molecule has 3 aromatic rings. The largest absolute Gasteiger partial charge is 0.507 e. The molecule has 0 saturated carbocycles. The first kappa shape index (κ1) is 19.8. The molecule has 1 amide bonds. The van der Waals surface area contributed by atoms with Crippen LogP contribution in [-0.4, -0.2) is 16.8 Å². The van der Waals surface area contributed by atoms with E-state index in [0.717, 1.165) is 17.0 Å². The van der Waals surface area contributed by atoms with E-state index in [9.17, 15) is 23.5 Å². The first-order valence-electron chi connectivity index (χ1n) is 8.95. The fraction of sp³-hybridized carbons (Fsp3) is 0.0435. The molecule has 0 spiro atoms. The zero-order valence-corrected chi connectivity index (χ0v) is 16.1. The van der Waals surface area contributed by atoms with E-state index >= 15 is 0 Å². The third-order valence-corrected chi connectivity index (χ3v) is 5.11. The van der Waals surface area contributed by atoms with Gasteiger partial charge in [0.15, 0.2) is 11.6 Å². The molecule has 0 aliphatic carbocycles. The summed E-state index contributed by atoms with van der Waals surface area (Å²) in [5, 5.41) is 11.3. The Morgan fingerprint density at radius 3 is 2.20 bits per heavy atom. The first-order chi connectivity index (χ1) is 14.4. The molecular weight excluding hydrogens is 412 g/mol. The Hall–Kier alpha value is -3.51. The molecule has 0 aromatic heterocycles. The fourth-order valence-corrected chi connectivity index (χ4v) is 3.57. The van der Waals surface area contributed by atoms with Crippen LogP contribution < -0.4 is 4.90 Å². The predicted molar refractivity (Wildman–Crippen MR) is 109 cm³/mol. The van der Waals surface area contributed by atoms with E-state index < -0.39 is 29.4 Å². The normalized spacial score (nSPS) is 18.1. The number of rotatable bonds is 3. The summed E-state index contributed by atoms with van der Waals surface area (Å²) in [5.41, 5.74) is 0.666. The van der Waals surface area contributed by atoms with Crippen molar-refractivity contribution in [3.63, 3.8) is 0 Å². The van der Waals surface area contributed by atoms with Gasteiger partial charge >= 0.3 is 0 Å². The lowest BCUT2D eigenvalue weighted by atomic mass is 9.95. The number of carbonyl (C=O) groups is 2. The highest BCUT2D eigenvalue weighted by molar-refractivity contribution is 6.51. The van der Waals surface area contributed by atoms with E-state index in [0.29, 0.717) is 16.1 Å². The van der Waals surface area contributed by atoms with E-state index in [-0.39, 0.29) is 17.0 Å². The number of benzene rings is 3. The third kappa shape index (κ3) is 3.35. The standard InChI is InChI=1S/C23H14ClF2NO3/c24-15-8-6-14(7-9-15)21(28)19-20(13-4-2-1-3-5-13)27(23(30)22(19)29)16-10-11-17(25)18(26)12-16/h1-12,20,28H/b21-19+.